The lowest BCUT2D eigenvalue weighted by molar-refractivity contribution is 0.101. The molecule has 0 amide bonds. The third kappa shape index (κ3) is 3.92. The predicted octanol–water partition coefficient (Wildman–Crippen LogP) is 3.35. The average molecular weight is 294 g/mol. The minimum absolute atomic E-state index is 0.0713. The molecular formula is C16H22O3S. The van der Waals surface area contributed by atoms with Gasteiger partial charge in [-0.15, -0.1) is 0 Å². The third-order valence-corrected chi connectivity index (χ3v) is 5.45. The van der Waals surface area contributed by atoms with E-state index < -0.39 is 10.8 Å². The number of rotatable bonds is 6. The number of ether oxygens (including phenoxy) is 1. The molecule has 0 saturated heterocycles. The SMILES string of the molecule is CCOc1ccccc1C(=O)CS(=O)C1CCCCC1. The van der Waals surface area contributed by atoms with Crippen molar-refractivity contribution < 1.29 is 13.7 Å². The van der Waals surface area contributed by atoms with Crippen molar-refractivity contribution in [2.24, 2.45) is 0 Å². The minimum atomic E-state index is -1.05. The van der Waals surface area contributed by atoms with Crippen molar-refractivity contribution in [1.82, 2.24) is 0 Å². The maximum Gasteiger partial charge on any atom is 0.179 e. The maximum atomic E-state index is 12.3. The van der Waals surface area contributed by atoms with Crippen LogP contribution in [0.2, 0.25) is 0 Å². The number of carbonyl (C=O) groups is 1. The third-order valence-electron chi connectivity index (χ3n) is 3.68. The van der Waals surface area contributed by atoms with Gasteiger partial charge in [-0.05, 0) is 31.9 Å². The molecule has 1 aromatic rings. The fraction of sp³-hybridized carbons (Fsp3) is 0.562. The zero-order valence-electron chi connectivity index (χ0n) is 12.0. The van der Waals surface area contributed by atoms with Gasteiger partial charge in [-0.3, -0.25) is 9.00 Å². The Bertz CT molecular complexity index is 478. The molecule has 0 heterocycles. The van der Waals surface area contributed by atoms with Gasteiger partial charge in [-0.1, -0.05) is 31.4 Å². The van der Waals surface area contributed by atoms with E-state index in [1.807, 2.05) is 19.1 Å². The summed E-state index contributed by atoms with van der Waals surface area (Å²) in [6, 6.07) is 7.21. The van der Waals surface area contributed by atoms with Gasteiger partial charge < -0.3 is 4.74 Å². The van der Waals surface area contributed by atoms with E-state index >= 15 is 0 Å². The molecule has 0 N–H and O–H groups in total. The Morgan fingerprint density at radius 2 is 1.95 bits per heavy atom. The molecule has 1 saturated carbocycles. The van der Waals surface area contributed by atoms with Gasteiger partial charge in [0.15, 0.2) is 5.78 Å². The number of carbonyl (C=O) groups excluding carboxylic acids is 1. The van der Waals surface area contributed by atoms with E-state index in [9.17, 15) is 9.00 Å². The van der Waals surface area contributed by atoms with Crippen LogP contribution in [0.4, 0.5) is 0 Å². The highest BCUT2D eigenvalue weighted by Gasteiger charge is 2.23. The van der Waals surface area contributed by atoms with E-state index in [1.54, 1.807) is 12.1 Å². The largest absolute Gasteiger partial charge is 0.493 e. The van der Waals surface area contributed by atoms with Crippen molar-refractivity contribution >= 4 is 16.6 Å². The lowest BCUT2D eigenvalue weighted by Gasteiger charge is -2.20. The summed E-state index contributed by atoms with van der Waals surface area (Å²) in [5.41, 5.74) is 0.554. The van der Waals surface area contributed by atoms with Crippen LogP contribution in [0.15, 0.2) is 24.3 Å². The highest BCUT2D eigenvalue weighted by Crippen LogP contribution is 2.24. The topological polar surface area (TPSA) is 43.4 Å². The van der Waals surface area contributed by atoms with Crippen LogP contribution in [0.25, 0.3) is 0 Å². The zero-order chi connectivity index (χ0) is 14.4. The van der Waals surface area contributed by atoms with Crippen LogP contribution in [0.1, 0.15) is 49.4 Å². The normalized spacial score (nSPS) is 17.6. The molecule has 3 nitrogen and oxygen atoms in total. The van der Waals surface area contributed by atoms with Crippen LogP contribution < -0.4 is 4.74 Å². The Kier molecular flexibility index (Phi) is 5.77. The molecule has 0 spiro atoms. The second-order valence-corrected chi connectivity index (χ2v) is 6.85. The summed E-state index contributed by atoms with van der Waals surface area (Å²) < 4.78 is 17.8. The first kappa shape index (κ1) is 15.2. The van der Waals surface area contributed by atoms with Gasteiger partial charge in [0.25, 0.3) is 0 Å². The summed E-state index contributed by atoms with van der Waals surface area (Å²) in [7, 11) is -1.05. The summed E-state index contributed by atoms with van der Waals surface area (Å²) in [5.74, 6) is 0.646. The Hall–Kier alpha value is -1.16. The van der Waals surface area contributed by atoms with Gasteiger partial charge in [0.1, 0.15) is 5.75 Å². The van der Waals surface area contributed by atoms with Crippen LogP contribution in [-0.4, -0.2) is 27.6 Å². The highest BCUT2D eigenvalue weighted by molar-refractivity contribution is 7.86. The first-order valence-electron chi connectivity index (χ1n) is 7.34. The zero-order valence-corrected chi connectivity index (χ0v) is 12.8. The van der Waals surface area contributed by atoms with Crippen molar-refractivity contribution in [1.29, 1.82) is 0 Å². The summed E-state index contributed by atoms with van der Waals surface area (Å²) in [6.07, 6.45) is 5.50. The van der Waals surface area contributed by atoms with E-state index in [1.165, 1.54) is 6.42 Å². The lowest BCUT2D eigenvalue weighted by Crippen LogP contribution is -2.24. The highest BCUT2D eigenvalue weighted by atomic mass is 32.2. The summed E-state index contributed by atoms with van der Waals surface area (Å²) in [4.78, 5) is 12.3. The van der Waals surface area contributed by atoms with Crippen LogP contribution in [0, 0.1) is 0 Å². The Morgan fingerprint density at radius 3 is 2.65 bits per heavy atom. The summed E-state index contributed by atoms with van der Waals surface area (Å²) in [6.45, 7) is 2.41. The molecule has 0 aromatic heterocycles. The Morgan fingerprint density at radius 1 is 1.25 bits per heavy atom. The molecule has 0 radical (unpaired) electrons. The molecule has 0 bridgehead atoms. The van der Waals surface area contributed by atoms with Gasteiger partial charge in [0, 0.05) is 16.0 Å². The summed E-state index contributed by atoms with van der Waals surface area (Å²) >= 11 is 0. The van der Waals surface area contributed by atoms with Gasteiger partial charge in [-0.25, -0.2) is 0 Å². The van der Waals surface area contributed by atoms with Crippen molar-refractivity contribution in [3.05, 3.63) is 29.8 Å². The van der Waals surface area contributed by atoms with Crippen molar-refractivity contribution in [3.63, 3.8) is 0 Å². The van der Waals surface area contributed by atoms with Crippen molar-refractivity contribution in [2.45, 2.75) is 44.3 Å². The monoisotopic (exact) mass is 294 g/mol. The molecule has 1 aromatic carbocycles. The molecule has 1 fully saturated rings. The molecule has 20 heavy (non-hydrogen) atoms. The standard InChI is InChI=1S/C16H22O3S/c1-2-19-16-11-7-6-10-14(16)15(17)12-20(18)13-8-4-3-5-9-13/h6-7,10-11,13H,2-5,8-9,12H2,1H3. The van der Waals surface area contributed by atoms with Crippen molar-refractivity contribution in [3.8, 4) is 5.75 Å². The van der Waals surface area contributed by atoms with E-state index in [4.69, 9.17) is 4.74 Å². The van der Waals surface area contributed by atoms with Crippen molar-refractivity contribution in [2.75, 3.05) is 12.4 Å². The maximum absolute atomic E-state index is 12.3. The molecule has 1 atom stereocenters. The number of ketones is 1. The summed E-state index contributed by atoms with van der Waals surface area (Å²) in [5, 5.41) is 0.201. The smallest absolute Gasteiger partial charge is 0.179 e. The van der Waals surface area contributed by atoms with Crippen LogP contribution in [0.5, 0.6) is 5.75 Å². The second-order valence-electron chi connectivity index (χ2n) is 5.14. The van der Waals surface area contributed by atoms with Gasteiger partial charge in [-0.2, -0.15) is 0 Å². The minimum Gasteiger partial charge on any atom is -0.493 e. The van der Waals surface area contributed by atoms with Crippen LogP contribution >= 0.6 is 0 Å². The number of Topliss-reactive ketones (excluding diaryl/α,β-unsaturated/α-hetero) is 1. The molecule has 2 rings (SSSR count). The van der Waals surface area contributed by atoms with Crippen LogP contribution in [-0.2, 0) is 10.8 Å². The number of hydrogen-bond donors (Lipinski definition) is 0. The Balaban J connectivity index is 2.02. The predicted molar refractivity (Wildman–Crippen MR) is 81.8 cm³/mol. The van der Waals surface area contributed by atoms with E-state index in [2.05, 4.69) is 0 Å². The van der Waals surface area contributed by atoms with E-state index in [0.717, 1.165) is 25.7 Å². The second kappa shape index (κ2) is 7.58. The number of hydrogen-bond acceptors (Lipinski definition) is 3. The first-order valence-corrected chi connectivity index (χ1v) is 8.72. The molecule has 110 valence electrons. The fourth-order valence-electron chi connectivity index (χ4n) is 2.63. The van der Waals surface area contributed by atoms with Gasteiger partial charge in [0.05, 0.1) is 17.9 Å². The molecular weight excluding hydrogens is 272 g/mol. The quantitative estimate of drug-likeness (QED) is 0.756. The Labute approximate surface area is 123 Å². The fourth-order valence-corrected chi connectivity index (χ4v) is 4.14. The van der Waals surface area contributed by atoms with E-state index in [-0.39, 0.29) is 16.8 Å². The number of para-hydroxylation sites is 1. The van der Waals surface area contributed by atoms with Gasteiger partial charge in [0.2, 0.25) is 0 Å². The molecule has 1 unspecified atom stereocenters. The van der Waals surface area contributed by atoms with Crippen LogP contribution in [0.3, 0.4) is 0 Å². The molecule has 1 aliphatic carbocycles. The number of benzene rings is 1. The molecule has 4 heteroatoms. The average Bonchev–Trinajstić information content (AvgIpc) is 2.49. The molecule has 1 aliphatic rings. The first-order chi connectivity index (χ1) is 9.72. The van der Waals surface area contributed by atoms with E-state index in [0.29, 0.717) is 17.9 Å². The molecule has 0 aliphatic heterocycles. The van der Waals surface area contributed by atoms with Gasteiger partial charge >= 0.3 is 0 Å². The lowest BCUT2D eigenvalue weighted by atomic mass is 10.0.